The van der Waals surface area contributed by atoms with Gasteiger partial charge in [0.25, 0.3) is 0 Å². The van der Waals surface area contributed by atoms with Crippen molar-refractivity contribution < 1.29 is 37.3 Å². The highest BCUT2D eigenvalue weighted by Crippen LogP contribution is 2.43. The SMILES string of the molecule is CC/C=C/C/C=C/C/C=C/C/C=C/CCCCCC(=O)NC(COP(=O)(O)OCC[N+](C)(C)C)C(/C=C/CCCCCCCCCCCC)OC(=O)CCCCCCCCCCCCCCCCCCCCCCC. The number of nitrogens with one attached hydrogen (secondary N) is 1. The van der Waals surface area contributed by atoms with Gasteiger partial charge in [-0.05, 0) is 70.3 Å². The monoisotopic (exact) mass is 1070 g/mol. The second-order valence-corrected chi connectivity index (χ2v) is 24.0. The van der Waals surface area contributed by atoms with Crippen molar-refractivity contribution in [2.75, 3.05) is 40.9 Å². The van der Waals surface area contributed by atoms with Crippen molar-refractivity contribution in [1.82, 2.24) is 5.32 Å². The van der Waals surface area contributed by atoms with Crippen LogP contribution in [0.2, 0.25) is 0 Å². The van der Waals surface area contributed by atoms with Gasteiger partial charge in [-0.3, -0.25) is 18.6 Å². The second-order valence-electron chi connectivity index (χ2n) is 22.6. The van der Waals surface area contributed by atoms with Crippen LogP contribution in [0.1, 0.15) is 290 Å². The first-order valence-corrected chi connectivity index (χ1v) is 33.1. The molecule has 2 N–H and O–H groups in total. The highest BCUT2D eigenvalue weighted by atomic mass is 31.2. The number of phosphoric ester groups is 1. The van der Waals surface area contributed by atoms with E-state index in [1.165, 1.54) is 167 Å². The summed E-state index contributed by atoms with van der Waals surface area (Å²) in [5.74, 6) is -0.533. The van der Waals surface area contributed by atoms with Crippen LogP contribution >= 0.6 is 7.82 Å². The Kier molecular flexibility index (Phi) is 53.4. The van der Waals surface area contributed by atoms with Crippen molar-refractivity contribution in [2.45, 2.75) is 303 Å². The lowest BCUT2D eigenvalue weighted by molar-refractivity contribution is -0.870. The quantitative estimate of drug-likeness (QED) is 0.0205. The largest absolute Gasteiger partial charge is 0.472 e. The highest BCUT2D eigenvalue weighted by Gasteiger charge is 2.30. The van der Waals surface area contributed by atoms with Gasteiger partial charge in [0.2, 0.25) is 5.91 Å². The Hall–Kier alpha value is -2.29. The lowest BCUT2D eigenvalue weighted by atomic mass is 10.0. The topological polar surface area (TPSA) is 111 Å². The van der Waals surface area contributed by atoms with Crippen LogP contribution in [0.5, 0.6) is 0 Å². The highest BCUT2D eigenvalue weighted by molar-refractivity contribution is 7.47. The Morgan fingerprint density at radius 2 is 0.853 bits per heavy atom. The van der Waals surface area contributed by atoms with E-state index >= 15 is 0 Å². The van der Waals surface area contributed by atoms with E-state index in [-0.39, 0.29) is 31.5 Å². The van der Waals surface area contributed by atoms with Crippen LogP contribution in [0.4, 0.5) is 0 Å². The fraction of sp³-hybridized carbons (Fsp3) is 0.815. The summed E-state index contributed by atoms with van der Waals surface area (Å²) >= 11 is 0. The predicted molar refractivity (Wildman–Crippen MR) is 323 cm³/mol. The van der Waals surface area contributed by atoms with Crippen molar-refractivity contribution in [3.63, 3.8) is 0 Å². The lowest BCUT2D eigenvalue weighted by Gasteiger charge is -2.27. The molecule has 0 bridgehead atoms. The van der Waals surface area contributed by atoms with Gasteiger partial charge in [0.1, 0.15) is 19.3 Å². The van der Waals surface area contributed by atoms with Crippen LogP contribution in [0.25, 0.3) is 0 Å². The third-order valence-electron chi connectivity index (χ3n) is 14.0. The summed E-state index contributed by atoms with van der Waals surface area (Å²) in [7, 11) is 1.48. The smallest absolute Gasteiger partial charge is 0.456 e. The third-order valence-corrected chi connectivity index (χ3v) is 15.0. The number of likely N-dealkylation sites (N-methyl/N-ethyl adjacent to an activating group) is 1. The molecule has 0 spiro atoms. The number of hydrogen-bond acceptors (Lipinski definition) is 6. The molecule has 10 heteroatoms. The van der Waals surface area contributed by atoms with E-state index in [0.29, 0.717) is 23.9 Å². The Labute approximate surface area is 464 Å². The minimum absolute atomic E-state index is 0.0336. The molecular formula is C65H122N2O7P+. The van der Waals surface area contributed by atoms with Gasteiger partial charge >= 0.3 is 13.8 Å². The Bertz CT molecular complexity index is 1470. The summed E-state index contributed by atoms with van der Waals surface area (Å²) < 4.78 is 30.7. The van der Waals surface area contributed by atoms with Gasteiger partial charge < -0.3 is 19.4 Å². The number of ether oxygens (including phenoxy) is 1. The van der Waals surface area contributed by atoms with Crippen LogP contribution in [-0.4, -0.2) is 74.3 Å². The van der Waals surface area contributed by atoms with E-state index in [4.69, 9.17) is 13.8 Å². The molecule has 438 valence electrons. The van der Waals surface area contributed by atoms with Gasteiger partial charge in [0, 0.05) is 12.8 Å². The standard InChI is InChI=1S/C65H121N2O7P/c1-7-10-13-16-19-22-25-28-30-32-33-34-35-36-38-40-43-46-49-52-55-58-65(69)74-63(56-53-50-47-44-41-27-24-21-18-15-12-9-3)62(61-73-75(70,71)72-60-59-67(4,5)6)66-64(68)57-54-51-48-45-42-39-37-31-29-26-23-20-17-14-11-8-2/h11,14,20,23,29,31,39,42,53,56,62-63H,7-10,12-13,15-19,21-22,24-28,30,32-38,40-41,43-52,54-55,57-61H2,1-6H3,(H-,66,68,70,71)/p+1/b14-11+,23-20+,31-29+,42-39+,56-53+. The molecule has 0 aromatic heterocycles. The average Bonchev–Trinajstić information content (AvgIpc) is 3.37. The first-order valence-electron chi connectivity index (χ1n) is 31.6. The van der Waals surface area contributed by atoms with E-state index in [1.807, 2.05) is 33.3 Å². The lowest BCUT2D eigenvalue weighted by Crippen LogP contribution is -2.47. The molecule has 0 radical (unpaired) electrons. The molecule has 0 aromatic carbocycles. The maximum absolute atomic E-state index is 13.5. The molecular weight excluding hydrogens is 952 g/mol. The molecule has 0 heterocycles. The van der Waals surface area contributed by atoms with E-state index < -0.39 is 20.0 Å². The van der Waals surface area contributed by atoms with Gasteiger partial charge in [-0.1, -0.05) is 268 Å². The average molecular weight is 1070 g/mol. The summed E-state index contributed by atoms with van der Waals surface area (Å²) in [5, 5.41) is 3.04. The number of allylic oxidation sites excluding steroid dienone is 9. The van der Waals surface area contributed by atoms with E-state index in [1.54, 1.807) is 0 Å². The van der Waals surface area contributed by atoms with Crippen LogP contribution in [0.15, 0.2) is 60.8 Å². The van der Waals surface area contributed by atoms with Gasteiger partial charge in [-0.25, -0.2) is 4.57 Å². The summed E-state index contributed by atoms with van der Waals surface area (Å²) in [4.78, 5) is 37.7. The molecule has 0 aromatic rings. The molecule has 0 rings (SSSR count). The summed E-state index contributed by atoms with van der Waals surface area (Å²) in [5.41, 5.74) is 0. The van der Waals surface area contributed by atoms with Gasteiger partial charge in [0.05, 0.1) is 33.8 Å². The van der Waals surface area contributed by atoms with Crippen molar-refractivity contribution in [3.05, 3.63) is 60.8 Å². The minimum atomic E-state index is -4.46. The predicted octanol–water partition coefficient (Wildman–Crippen LogP) is 19.4. The number of hydrogen-bond donors (Lipinski definition) is 2. The van der Waals surface area contributed by atoms with E-state index in [2.05, 4.69) is 74.7 Å². The third kappa shape index (κ3) is 56.2. The fourth-order valence-electron chi connectivity index (χ4n) is 9.11. The Morgan fingerprint density at radius 1 is 0.480 bits per heavy atom. The van der Waals surface area contributed by atoms with Crippen LogP contribution in [0, 0.1) is 0 Å². The molecule has 0 aliphatic heterocycles. The number of esters is 1. The second kappa shape index (κ2) is 55.0. The number of carbonyl (C=O) groups is 2. The molecule has 0 aliphatic rings. The van der Waals surface area contributed by atoms with Crippen LogP contribution in [-0.2, 0) is 27.9 Å². The molecule has 0 saturated heterocycles. The van der Waals surface area contributed by atoms with Crippen molar-refractivity contribution in [1.29, 1.82) is 0 Å². The maximum atomic E-state index is 13.5. The molecule has 3 atom stereocenters. The van der Waals surface area contributed by atoms with Gasteiger partial charge in [-0.2, -0.15) is 0 Å². The molecule has 0 fully saturated rings. The zero-order valence-electron chi connectivity index (χ0n) is 50.0. The maximum Gasteiger partial charge on any atom is 0.472 e. The zero-order chi connectivity index (χ0) is 55.0. The van der Waals surface area contributed by atoms with Crippen molar-refractivity contribution >= 4 is 19.7 Å². The van der Waals surface area contributed by atoms with E-state index in [9.17, 15) is 19.0 Å². The fourth-order valence-corrected chi connectivity index (χ4v) is 9.84. The molecule has 75 heavy (non-hydrogen) atoms. The van der Waals surface area contributed by atoms with Crippen molar-refractivity contribution in [2.24, 2.45) is 0 Å². The Morgan fingerprint density at radius 3 is 1.29 bits per heavy atom. The normalized spacial score (nSPS) is 14.1. The minimum Gasteiger partial charge on any atom is -0.456 e. The van der Waals surface area contributed by atoms with E-state index in [0.717, 1.165) is 83.5 Å². The first kappa shape index (κ1) is 72.7. The Balaban J connectivity index is 5.23. The van der Waals surface area contributed by atoms with Gasteiger partial charge in [0.15, 0.2) is 0 Å². The first-order chi connectivity index (χ1) is 36.4. The number of rotatable bonds is 57. The molecule has 3 unspecified atom stereocenters. The number of quaternary nitrogens is 1. The number of nitrogens with zero attached hydrogens (tertiary/aromatic N) is 1. The molecule has 9 nitrogen and oxygen atoms in total. The number of amides is 1. The number of unbranched alkanes of at least 4 members (excludes halogenated alkanes) is 33. The summed E-state index contributed by atoms with van der Waals surface area (Å²) in [6.07, 6.45) is 69.4. The van der Waals surface area contributed by atoms with Crippen LogP contribution in [0.3, 0.4) is 0 Å². The number of carbonyl (C=O) groups excluding carboxylic acids is 2. The molecule has 1 amide bonds. The van der Waals surface area contributed by atoms with Crippen molar-refractivity contribution in [3.8, 4) is 0 Å². The zero-order valence-corrected chi connectivity index (χ0v) is 50.9. The van der Waals surface area contributed by atoms with Crippen LogP contribution < -0.4 is 5.32 Å². The number of phosphoric acid groups is 1. The summed E-state index contributed by atoms with van der Waals surface area (Å²) in [6.45, 7) is 6.90. The molecule has 0 aliphatic carbocycles. The van der Waals surface area contributed by atoms with Gasteiger partial charge in [-0.15, -0.1) is 0 Å². The molecule has 0 saturated carbocycles. The summed E-state index contributed by atoms with van der Waals surface area (Å²) in [6, 6.07) is -0.864.